The fraction of sp³-hybridized carbons (Fsp3) is 0.0500. The number of hydrogen-bond acceptors (Lipinski definition) is 4. The summed E-state index contributed by atoms with van der Waals surface area (Å²) >= 11 is 0. The van der Waals surface area contributed by atoms with Crippen molar-refractivity contribution in [1.82, 2.24) is 0 Å². The van der Waals surface area contributed by atoms with Crippen LogP contribution in [0.4, 0.5) is 45.5 Å². The zero-order valence-corrected chi connectivity index (χ0v) is 24.8. The van der Waals surface area contributed by atoms with Crippen LogP contribution in [0.1, 0.15) is 11.1 Å². The number of hydrogen-bond donors (Lipinski definition) is 0. The number of anilines is 8. The van der Waals surface area contributed by atoms with Crippen LogP contribution >= 0.6 is 0 Å². The highest BCUT2D eigenvalue weighted by molar-refractivity contribution is 6.00. The summed E-state index contributed by atoms with van der Waals surface area (Å²) in [5.41, 5.74) is 11.4. The lowest BCUT2D eigenvalue weighted by Crippen LogP contribution is -2.33. The molecule has 8 rings (SSSR count). The van der Waals surface area contributed by atoms with E-state index in [0.29, 0.717) is 0 Å². The van der Waals surface area contributed by atoms with Crippen molar-refractivity contribution < 1.29 is 0 Å². The first kappa shape index (κ1) is 25.9. The van der Waals surface area contributed by atoms with Crippen molar-refractivity contribution in [2.24, 2.45) is 0 Å². The summed E-state index contributed by atoms with van der Waals surface area (Å²) in [6, 6.07) is 56.4. The minimum absolute atomic E-state index is 1.06. The number of fused-ring (bicyclic) bond motifs is 2. The van der Waals surface area contributed by atoms with E-state index in [0.717, 1.165) is 57.1 Å². The van der Waals surface area contributed by atoms with Crippen LogP contribution in [0.25, 0.3) is 0 Å². The molecule has 212 valence electrons. The largest absolute Gasteiger partial charge is 0.291 e. The summed E-state index contributed by atoms with van der Waals surface area (Å²) in [5, 5.41) is 0. The number of nitrogens with zero attached hydrogens (tertiary/aromatic N) is 4. The van der Waals surface area contributed by atoms with Gasteiger partial charge in [-0.2, -0.15) is 0 Å². The van der Waals surface area contributed by atoms with Gasteiger partial charge in [0.2, 0.25) is 0 Å². The van der Waals surface area contributed by atoms with Crippen LogP contribution in [0, 0.1) is 13.8 Å². The minimum Gasteiger partial charge on any atom is -0.291 e. The Bertz CT molecular complexity index is 1840. The zero-order chi connectivity index (χ0) is 29.6. The van der Waals surface area contributed by atoms with Gasteiger partial charge in [-0.3, -0.25) is 19.6 Å². The summed E-state index contributed by atoms with van der Waals surface area (Å²) in [6.45, 7) is 4.34. The number of para-hydroxylation sites is 4. The van der Waals surface area contributed by atoms with Gasteiger partial charge in [-0.15, -0.1) is 0 Å². The van der Waals surface area contributed by atoms with E-state index in [9.17, 15) is 0 Å². The molecule has 0 fully saturated rings. The molecule has 0 atom stereocenters. The quantitative estimate of drug-likeness (QED) is 0.210. The molecule has 6 aromatic rings. The molecule has 0 amide bonds. The van der Waals surface area contributed by atoms with Gasteiger partial charge < -0.3 is 0 Å². The van der Waals surface area contributed by atoms with E-state index < -0.39 is 0 Å². The Hall–Kier alpha value is -5.74. The summed E-state index contributed by atoms with van der Waals surface area (Å²) < 4.78 is 0. The Balaban J connectivity index is 1.54. The molecule has 0 saturated carbocycles. The first-order valence-corrected chi connectivity index (χ1v) is 15.1. The van der Waals surface area contributed by atoms with Crippen LogP contribution in [0.15, 0.2) is 169 Å². The van der Waals surface area contributed by atoms with Crippen LogP contribution in [-0.2, 0) is 0 Å². The molecule has 0 aliphatic carbocycles. The van der Waals surface area contributed by atoms with E-state index in [1.165, 1.54) is 11.1 Å². The van der Waals surface area contributed by atoms with Gasteiger partial charge in [-0.05, 0) is 97.8 Å². The van der Waals surface area contributed by atoms with E-state index in [4.69, 9.17) is 0 Å². The third kappa shape index (κ3) is 4.15. The third-order valence-corrected chi connectivity index (χ3v) is 8.33. The molecular formula is C40H32N4. The van der Waals surface area contributed by atoms with E-state index in [1.807, 2.05) is 0 Å². The van der Waals surface area contributed by atoms with Gasteiger partial charge in [-0.1, -0.05) is 84.9 Å². The lowest BCUT2D eigenvalue weighted by molar-refractivity contribution is 1.01. The topological polar surface area (TPSA) is 13.0 Å². The normalized spacial score (nSPS) is 15.5. The molecule has 6 aromatic carbocycles. The molecule has 0 N–H and O–H groups in total. The molecule has 0 saturated heterocycles. The molecule has 2 heterocycles. The molecule has 4 nitrogen and oxygen atoms in total. The standard InChI is InChI=1S/C40H32N4/c1-29-23-25-35-37(27-29)43(33-19-11-5-12-20-33)39(41(35)31-15-7-3-8-16-31)40-42(32-17-9-4-10-18-32)36-26-24-30(2)28-38(36)44(40)34-21-13-6-14-22-34/h3-28H,1-2H3/b40-39-. The van der Waals surface area contributed by atoms with E-state index in [2.05, 4.69) is 191 Å². The number of benzene rings is 6. The van der Waals surface area contributed by atoms with Crippen LogP contribution in [0.5, 0.6) is 0 Å². The summed E-state index contributed by atoms with van der Waals surface area (Å²) in [5.74, 6) is 2.12. The van der Waals surface area contributed by atoms with Crippen LogP contribution in [-0.4, -0.2) is 0 Å². The molecular weight excluding hydrogens is 536 g/mol. The molecule has 0 aromatic heterocycles. The van der Waals surface area contributed by atoms with Gasteiger partial charge >= 0.3 is 0 Å². The fourth-order valence-electron chi connectivity index (χ4n) is 6.41. The van der Waals surface area contributed by atoms with Crippen LogP contribution in [0.2, 0.25) is 0 Å². The SMILES string of the molecule is Cc1ccc2c(c1)N(c1ccccc1)/C(=C1/N(c3ccccc3)c3ccc(C)cc3N1c1ccccc1)N2c1ccccc1. The third-order valence-electron chi connectivity index (χ3n) is 8.33. The molecule has 2 aliphatic heterocycles. The summed E-state index contributed by atoms with van der Waals surface area (Å²) in [7, 11) is 0. The maximum Gasteiger partial charge on any atom is 0.166 e. The van der Waals surface area contributed by atoms with Gasteiger partial charge in [-0.25, -0.2) is 0 Å². The Morgan fingerprint density at radius 3 is 0.864 bits per heavy atom. The van der Waals surface area contributed by atoms with Crippen LogP contribution < -0.4 is 19.6 Å². The first-order chi connectivity index (χ1) is 21.7. The Labute approximate surface area is 259 Å². The lowest BCUT2D eigenvalue weighted by atomic mass is 10.1. The smallest absolute Gasteiger partial charge is 0.166 e. The minimum atomic E-state index is 1.06. The van der Waals surface area contributed by atoms with Crippen molar-refractivity contribution in [1.29, 1.82) is 0 Å². The molecule has 0 spiro atoms. The van der Waals surface area contributed by atoms with Gasteiger partial charge in [0.25, 0.3) is 0 Å². The van der Waals surface area contributed by atoms with Crippen molar-refractivity contribution in [3.05, 3.63) is 180 Å². The van der Waals surface area contributed by atoms with Crippen molar-refractivity contribution >= 4 is 45.5 Å². The van der Waals surface area contributed by atoms with E-state index in [1.54, 1.807) is 0 Å². The molecule has 2 aliphatic rings. The lowest BCUT2D eigenvalue weighted by Gasteiger charge is -2.34. The predicted molar refractivity (Wildman–Crippen MR) is 184 cm³/mol. The molecule has 4 heteroatoms. The van der Waals surface area contributed by atoms with Gasteiger partial charge in [0.15, 0.2) is 11.6 Å². The van der Waals surface area contributed by atoms with E-state index in [-0.39, 0.29) is 0 Å². The molecule has 0 unspecified atom stereocenters. The maximum absolute atomic E-state index is 2.43. The van der Waals surface area contributed by atoms with Crippen molar-refractivity contribution in [2.45, 2.75) is 13.8 Å². The van der Waals surface area contributed by atoms with Crippen molar-refractivity contribution in [2.75, 3.05) is 19.6 Å². The van der Waals surface area contributed by atoms with E-state index >= 15 is 0 Å². The Morgan fingerprint density at radius 1 is 0.295 bits per heavy atom. The molecule has 0 bridgehead atoms. The summed E-state index contributed by atoms with van der Waals surface area (Å²) in [6.07, 6.45) is 0. The second kappa shape index (κ2) is 10.5. The number of aryl methyl sites for hydroxylation is 2. The monoisotopic (exact) mass is 568 g/mol. The highest BCUT2D eigenvalue weighted by Crippen LogP contribution is 2.57. The van der Waals surface area contributed by atoms with Gasteiger partial charge in [0.05, 0.1) is 22.7 Å². The highest BCUT2D eigenvalue weighted by atomic mass is 15.5. The Kier molecular flexibility index (Phi) is 6.20. The number of rotatable bonds is 4. The maximum atomic E-state index is 2.43. The second-order valence-electron chi connectivity index (χ2n) is 11.3. The van der Waals surface area contributed by atoms with Crippen molar-refractivity contribution in [3.8, 4) is 0 Å². The summed E-state index contributed by atoms with van der Waals surface area (Å²) in [4.78, 5) is 9.69. The molecule has 0 radical (unpaired) electrons. The van der Waals surface area contributed by atoms with Gasteiger partial charge in [0.1, 0.15) is 0 Å². The highest BCUT2D eigenvalue weighted by Gasteiger charge is 2.44. The second-order valence-corrected chi connectivity index (χ2v) is 11.3. The fourth-order valence-corrected chi connectivity index (χ4v) is 6.41. The Morgan fingerprint density at radius 2 is 0.568 bits per heavy atom. The average Bonchev–Trinajstić information content (AvgIpc) is 3.58. The zero-order valence-electron chi connectivity index (χ0n) is 24.8. The average molecular weight is 569 g/mol. The first-order valence-electron chi connectivity index (χ1n) is 15.1. The van der Waals surface area contributed by atoms with Crippen molar-refractivity contribution in [3.63, 3.8) is 0 Å². The molecule has 44 heavy (non-hydrogen) atoms. The predicted octanol–water partition coefficient (Wildman–Crippen LogP) is 10.7. The van der Waals surface area contributed by atoms with Crippen LogP contribution in [0.3, 0.4) is 0 Å². The van der Waals surface area contributed by atoms with Gasteiger partial charge in [0, 0.05) is 22.7 Å².